The molecule has 0 aliphatic carbocycles. The van der Waals surface area contributed by atoms with Crippen molar-refractivity contribution in [2.45, 2.75) is 13.3 Å². The summed E-state index contributed by atoms with van der Waals surface area (Å²) in [6, 6.07) is 9.63. The van der Waals surface area contributed by atoms with Crippen LogP contribution < -0.4 is 0 Å². The molecule has 1 heterocycles. The first-order valence-electron chi connectivity index (χ1n) is 5.21. The Morgan fingerprint density at radius 3 is 2.62 bits per heavy atom. The molecule has 0 aliphatic rings. The molecule has 80 valence electrons. The van der Waals surface area contributed by atoms with Crippen molar-refractivity contribution in [3.63, 3.8) is 0 Å². The van der Waals surface area contributed by atoms with Gasteiger partial charge in [0.05, 0.1) is 0 Å². The highest BCUT2D eigenvalue weighted by Crippen LogP contribution is 2.15. The van der Waals surface area contributed by atoms with Crippen molar-refractivity contribution in [1.29, 1.82) is 0 Å². The van der Waals surface area contributed by atoms with E-state index in [2.05, 4.69) is 9.97 Å². The van der Waals surface area contributed by atoms with Crippen LogP contribution in [0.5, 0.6) is 0 Å². The van der Waals surface area contributed by atoms with Crippen LogP contribution in [-0.2, 0) is 6.42 Å². The van der Waals surface area contributed by atoms with E-state index in [9.17, 15) is 4.79 Å². The Morgan fingerprint density at radius 2 is 2.00 bits per heavy atom. The third kappa shape index (κ3) is 1.98. The van der Waals surface area contributed by atoms with Gasteiger partial charge in [0.1, 0.15) is 5.69 Å². The molecule has 2 aromatic rings. The van der Waals surface area contributed by atoms with E-state index in [1.54, 1.807) is 6.20 Å². The summed E-state index contributed by atoms with van der Waals surface area (Å²) in [5.41, 5.74) is 2.29. The van der Waals surface area contributed by atoms with Gasteiger partial charge in [-0.25, -0.2) is 9.97 Å². The van der Waals surface area contributed by atoms with Crippen molar-refractivity contribution in [2.24, 2.45) is 0 Å². The van der Waals surface area contributed by atoms with Crippen LogP contribution in [0.4, 0.5) is 0 Å². The van der Waals surface area contributed by atoms with Gasteiger partial charge in [-0.1, -0.05) is 37.3 Å². The van der Waals surface area contributed by atoms with E-state index in [0.717, 1.165) is 23.8 Å². The van der Waals surface area contributed by atoms with E-state index < -0.39 is 0 Å². The van der Waals surface area contributed by atoms with Gasteiger partial charge in [0.15, 0.2) is 12.1 Å². The van der Waals surface area contributed by atoms with Crippen LogP contribution in [0.15, 0.2) is 36.5 Å². The Morgan fingerprint density at radius 1 is 1.25 bits per heavy atom. The Bertz CT molecular complexity index is 495. The topological polar surface area (TPSA) is 42.9 Å². The predicted octanol–water partition coefficient (Wildman–Crippen LogP) is 2.52. The molecule has 0 fully saturated rings. The van der Waals surface area contributed by atoms with Gasteiger partial charge in [0.25, 0.3) is 0 Å². The normalized spacial score (nSPS) is 10.1. The molecular weight excluding hydrogens is 200 g/mol. The van der Waals surface area contributed by atoms with Crippen LogP contribution in [0, 0.1) is 0 Å². The fourth-order valence-corrected chi connectivity index (χ4v) is 1.52. The van der Waals surface area contributed by atoms with Crippen molar-refractivity contribution in [2.75, 3.05) is 0 Å². The first kappa shape index (κ1) is 10.5. The molecule has 0 unspecified atom stereocenters. The van der Waals surface area contributed by atoms with Gasteiger partial charge < -0.3 is 0 Å². The fourth-order valence-electron chi connectivity index (χ4n) is 1.52. The lowest BCUT2D eigenvalue weighted by atomic mass is 10.1. The average molecular weight is 212 g/mol. The Kier molecular flexibility index (Phi) is 3.05. The van der Waals surface area contributed by atoms with Gasteiger partial charge in [-0.3, -0.25) is 4.79 Å². The lowest BCUT2D eigenvalue weighted by Crippen LogP contribution is -1.99. The van der Waals surface area contributed by atoms with Crippen molar-refractivity contribution in [3.05, 3.63) is 47.8 Å². The number of hydrogen-bond acceptors (Lipinski definition) is 3. The van der Waals surface area contributed by atoms with Crippen molar-refractivity contribution >= 4 is 6.29 Å². The molecule has 3 nitrogen and oxygen atoms in total. The van der Waals surface area contributed by atoms with Gasteiger partial charge in [0.2, 0.25) is 0 Å². The van der Waals surface area contributed by atoms with Gasteiger partial charge in [-0.05, 0) is 12.0 Å². The number of carbonyl (C=O) groups excluding carboxylic acids is 1. The van der Waals surface area contributed by atoms with Crippen LogP contribution >= 0.6 is 0 Å². The number of benzene rings is 1. The zero-order valence-corrected chi connectivity index (χ0v) is 9.05. The highest BCUT2D eigenvalue weighted by Gasteiger charge is 2.06. The van der Waals surface area contributed by atoms with E-state index in [0.29, 0.717) is 11.5 Å². The number of aromatic nitrogens is 2. The second-order valence-corrected chi connectivity index (χ2v) is 3.44. The molecule has 0 spiro atoms. The maximum atomic E-state index is 10.9. The summed E-state index contributed by atoms with van der Waals surface area (Å²) in [5, 5.41) is 0. The van der Waals surface area contributed by atoms with Gasteiger partial charge >= 0.3 is 0 Å². The summed E-state index contributed by atoms with van der Waals surface area (Å²) >= 11 is 0. The van der Waals surface area contributed by atoms with Crippen LogP contribution in [-0.4, -0.2) is 16.3 Å². The number of hydrogen-bond donors (Lipinski definition) is 0. The molecule has 0 radical (unpaired) electrons. The monoisotopic (exact) mass is 212 g/mol. The Labute approximate surface area is 94.2 Å². The largest absolute Gasteiger partial charge is 0.296 e. The van der Waals surface area contributed by atoms with Crippen LogP contribution in [0.3, 0.4) is 0 Å². The minimum atomic E-state index is 0.483. The molecule has 0 N–H and O–H groups in total. The third-order valence-electron chi connectivity index (χ3n) is 2.42. The summed E-state index contributed by atoms with van der Waals surface area (Å²) in [4.78, 5) is 19.4. The molecule has 0 saturated carbocycles. The van der Waals surface area contributed by atoms with Crippen LogP contribution in [0.2, 0.25) is 0 Å². The summed E-state index contributed by atoms with van der Waals surface area (Å²) in [6.07, 6.45) is 3.27. The SMILES string of the molecule is CCc1cnc(-c2ccccc2)nc1C=O. The van der Waals surface area contributed by atoms with Crippen molar-refractivity contribution in [1.82, 2.24) is 9.97 Å². The second-order valence-electron chi connectivity index (χ2n) is 3.44. The molecule has 0 aliphatic heterocycles. The molecule has 16 heavy (non-hydrogen) atoms. The highest BCUT2D eigenvalue weighted by atomic mass is 16.1. The third-order valence-corrected chi connectivity index (χ3v) is 2.42. The van der Waals surface area contributed by atoms with Crippen LogP contribution in [0.25, 0.3) is 11.4 Å². The summed E-state index contributed by atoms with van der Waals surface area (Å²) in [6.45, 7) is 1.98. The van der Waals surface area contributed by atoms with Gasteiger partial charge in [0, 0.05) is 11.8 Å². The number of carbonyl (C=O) groups is 1. The number of aryl methyl sites for hydroxylation is 1. The maximum absolute atomic E-state index is 10.9. The quantitative estimate of drug-likeness (QED) is 0.734. The highest BCUT2D eigenvalue weighted by molar-refractivity contribution is 5.75. The van der Waals surface area contributed by atoms with Gasteiger partial charge in [-0.15, -0.1) is 0 Å². The minimum Gasteiger partial charge on any atom is -0.296 e. The lowest BCUT2D eigenvalue weighted by molar-refractivity contribution is 0.111. The Balaban J connectivity index is 2.48. The summed E-state index contributed by atoms with van der Waals surface area (Å²) in [7, 11) is 0. The summed E-state index contributed by atoms with van der Waals surface area (Å²) in [5.74, 6) is 0.597. The zero-order chi connectivity index (χ0) is 11.4. The first-order valence-corrected chi connectivity index (χ1v) is 5.21. The number of aldehydes is 1. The van der Waals surface area contributed by atoms with Crippen molar-refractivity contribution in [3.8, 4) is 11.4 Å². The van der Waals surface area contributed by atoms with Crippen LogP contribution in [0.1, 0.15) is 23.0 Å². The van der Waals surface area contributed by atoms with E-state index >= 15 is 0 Å². The smallest absolute Gasteiger partial charge is 0.168 e. The maximum Gasteiger partial charge on any atom is 0.168 e. The predicted molar refractivity (Wildman–Crippen MR) is 62.2 cm³/mol. The molecule has 0 atom stereocenters. The van der Waals surface area contributed by atoms with Crippen molar-refractivity contribution < 1.29 is 4.79 Å². The van der Waals surface area contributed by atoms with Gasteiger partial charge in [-0.2, -0.15) is 0 Å². The number of rotatable bonds is 3. The minimum absolute atomic E-state index is 0.483. The fraction of sp³-hybridized carbons (Fsp3) is 0.154. The molecule has 0 saturated heterocycles. The van der Waals surface area contributed by atoms with E-state index in [1.165, 1.54) is 0 Å². The molecule has 3 heteroatoms. The standard InChI is InChI=1S/C13H12N2O/c1-2-10-8-14-13(15-12(10)9-16)11-6-4-3-5-7-11/h3-9H,2H2,1H3. The molecule has 0 bridgehead atoms. The number of nitrogens with zero attached hydrogens (tertiary/aromatic N) is 2. The molecule has 1 aromatic carbocycles. The van der Waals surface area contributed by atoms with E-state index in [-0.39, 0.29) is 0 Å². The molecule has 1 aromatic heterocycles. The second kappa shape index (κ2) is 4.66. The van der Waals surface area contributed by atoms with E-state index in [4.69, 9.17) is 0 Å². The average Bonchev–Trinajstić information content (AvgIpc) is 2.39. The molecule has 0 amide bonds. The van der Waals surface area contributed by atoms with E-state index in [1.807, 2.05) is 37.3 Å². The lowest BCUT2D eigenvalue weighted by Gasteiger charge is -2.03. The zero-order valence-electron chi connectivity index (χ0n) is 9.05. The molecule has 2 rings (SSSR count). The Hall–Kier alpha value is -2.03. The first-order chi connectivity index (χ1) is 7.85. The molecular formula is C13H12N2O. The summed E-state index contributed by atoms with van der Waals surface area (Å²) < 4.78 is 0.